The van der Waals surface area contributed by atoms with Crippen LogP contribution in [0.2, 0.25) is 0 Å². The van der Waals surface area contributed by atoms with E-state index < -0.39 is 10.0 Å². The molecule has 0 unspecified atom stereocenters. The molecule has 2 aromatic rings. The fourth-order valence-corrected chi connectivity index (χ4v) is 2.76. The molecule has 2 rings (SSSR count). The van der Waals surface area contributed by atoms with Gasteiger partial charge in [-0.1, -0.05) is 6.07 Å². The monoisotopic (exact) mass is 296 g/mol. The lowest BCUT2D eigenvalue weighted by Gasteiger charge is -2.08. The van der Waals surface area contributed by atoms with Crippen LogP contribution in [0.1, 0.15) is 0 Å². The van der Waals surface area contributed by atoms with Gasteiger partial charge in [0.1, 0.15) is 4.90 Å². The lowest BCUT2D eigenvalue weighted by Crippen LogP contribution is -2.14. The van der Waals surface area contributed by atoms with Crippen molar-refractivity contribution in [2.75, 3.05) is 16.7 Å². The predicted molar refractivity (Wildman–Crippen MR) is 75.5 cm³/mol. The molecule has 0 fully saturated rings. The van der Waals surface area contributed by atoms with Crippen molar-refractivity contribution in [1.82, 2.24) is 9.97 Å². The normalized spacial score (nSPS) is 11.2. The Morgan fingerprint density at radius 2 is 1.95 bits per heavy atom. The van der Waals surface area contributed by atoms with Crippen LogP contribution in [0.3, 0.4) is 0 Å². The average Bonchev–Trinajstić information content (AvgIpc) is 2.39. The number of aromatic nitrogens is 2. The minimum absolute atomic E-state index is 0.0309. The first-order chi connectivity index (χ1) is 9.01. The number of thioether (sulfide) groups is 1. The van der Waals surface area contributed by atoms with Crippen molar-refractivity contribution in [3.63, 3.8) is 0 Å². The zero-order valence-electron chi connectivity index (χ0n) is 10.1. The van der Waals surface area contributed by atoms with E-state index in [-0.39, 0.29) is 10.8 Å². The number of sulfonamides is 1. The van der Waals surface area contributed by atoms with Gasteiger partial charge in [-0.3, -0.25) is 4.72 Å². The van der Waals surface area contributed by atoms with Gasteiger partial charge in [0.15, 0.2) is 0 Å². The summed E-state index contributed by atoms with van der Waals surface area (Å²) in [5.41, 5.74) is 5.81. The first-order valence-electron chi connectivity index (χ1n) is 5.25. The van der Waals surface area contributed by atoms with Crippen LogP contribution in [-0.2, 0) is 10.0 Å². The maximum atomic E-state index is 12.1. The molecule has 0 saturated carbocycles. The minimum atomic E-state index is -3.69. The number of nitrogens with zero attached hydrogens (tertiary/aromatic N) is 2. The Morgan fingerprint density at radius 1 is 1.26 bits per heavy atom. The third-order valence-electron chi connectivity index (χ3n) is 2.28. The van der Waals surface area contributed by atoms with Crippen molar-refractivity contribution in [2.24, 2.45) is 0 Å². The van der Waals surface area contributed by atoms with Gasteiger partial charge < -0.3 is 5.73 Å². The third kappa shape index (κ3) is 3.36. The number of hydrogen-bond acceptors (Lipinski definition) is 6. The molecule has 6 nitrogen and oxygen atoms in total. The summed E-state index contributed by atoms with van der Waals surface area (Å²) in [6, 6.07) is 7.10. The van der Waals surface area contributed by atoms with Gasteiger partial charge in [0.2, 0.25) is 5.95 Å². The summed E-state index contributed by atoms with van der Waals surface area (Å²) in [7, 11) is -3.69. The van der Waals surface area contributed by atoms with Crippen molar-refractivity contribution >= 4 is 33.4 Å². The molecule has 100 valence electrons. The van der Waals surface area contributed by atoms with Crippen LogP contribution < -0.4 is 10.5 Å². The molecular weight excluding hydrogens is 284 g/mol. The van der Waals surface area contributed by atoms with E-state index in [1.54, 1.807) is 18.2 Å². The van der Waals surface area contributed by atoms with Crippen LogP contribution in [0.25, 0.3) is 0 Å². The Hall–Kier alpha value is -1.80. The predicted octanol–water partition coefficient (Wildman–Crippen LogP) is 1.58. The number of nitrogens with two attached hydrogens (primary N) is 1. The molecule has 0 aliphatic heterocycles. The molecule has 0 spiro atoms. The number of nitrogen functional groups attached to an aromatic ring is 1. The summed E-state index contributed by atoms with van der Waals surface area (Å²) in [6.45, 7) is 0. The fourth-order valence-electron chi connectivity index (χ4n) is 1.37. The molecule has 0 saturated heterocycles. The summed E-state index contributed by atoms with van der Waals surface area (Å²) in [6.07, 6.45) is 4.26. The first kappa shape index (κ1) is 13.6. The molecule has 0 amide bonds. The van der Waals surface area contributed by atoms with E-state index in [4.69, 9.17) is 5.73 Å². The second-order valence-corrected chi connectivity index (χ2v) is 6.18. The van der Waals surface area contributed by atoms with Gasteiger partial charge >= 0.3 is 0 Å². The highest BCUT2D eigenvalue weighted by atomic mass is 32.2. The molecule has 0 atom stereocenters. The lowest BCUT2D eigenvalue weighted by atomic mass is 10.3. The number of hydrogen-bond donors (Lipinski definition) is 2. The first-order valence-corrected chi connectivity index (χ1v) is 7.96. The van der Waals surface area contributed by atoms with Crippen molar-refractivity contribution in [3.8, 4) is 0 Å². The van der Waals surface area contributed by atoms with Gasteiger partial charge in [-0.25, -0.2) is 18.4 Å². The van der Waals surface area contributed by atoms with Gasteiger partial charge in [0.25, 0.3) is 10.0 Å². The number of rotatable bonds is 4. The van der Waals surface area contributed by atoms with E-state index in [0.29, 0.717) is 5.69 Å². The molecule has 8 heteroatoms. The van der Waals surface area contributed by atoms with Crippen molar-refractivity contribution in [3.05, 3.63) is 36.7 Å². The molecule has 0 aliphatic rings. The van der Waals surface area contributed by atoms with Gasteiger partial charge in [-0.15, -0.1) is 11.8 Å². The van der Waals surface area contributed by atoms with E-state index in [9.17, 15) is 8.42 Å². The Kier molecular flexibility index (Phi) is 3.91. The second-order valence-electron chi connectivity index (χ2n) is 3.61. The summed E-state index contributed by atoms with van der Waals surface area (Å²) >= 11 is 1.53. The van der Waals surface area contributed by atoms with E-state index >= 15 is 0 Å². The topological polar surface area (TPSA) is 98.0 Å². The minimum Gasteiger partial charge on any atom is -0.368 e. The summed E-state index contributed by atoms with van der Waals surface area (Å²) in [4.78, 5) is 8.26. The standard InChI is InChI=1S/C11H12N4O2S2/c1-18-9-4-2-3-8(5-9)15-19(16,17)10-6-13-11(12)14-7-10/h2-7,15H,1H3,(H2,12,13,14). The fraction of sp³-hybridized carbons (Fsp3) is 0.0909. The molecule has 1 aromatic heterocycles. The average molecular weight is 296 g/mol. The highest BCUT2D eigenvalue weighted by Crippen LogP contribution is 2.21. The zero-order chi connectivity index (χ0) is 13.9. The van der Waals surface area contributed by atoms with E-state index in [1.807, 2.05) is 12.3 Å². The molecule has 0 bridgehead atoms. The number of benzene rings is 1. The lowest BCUT2D eigenvalue weighted by molar-refractivity contribution is 0.600. The van der Waals surface area contributed by atoms with Gasteiger partial charge in [0, 0.05) is 10.6 Å². The number of nitrogens with one attached hydrogen (secondary N) is 1. The summed E-state index contributed by atoms with van der Waals surface area (Å²) < 4.78 is 26.6. The second kappa shape index (κ2) is 5.45. The van der Waals surface area contributed by atoms with Crippen LogP contribution in [0.5, 0.6) is 0 Å². The molecule has 0 aliphatic carbocycles. The Labute approximate surface area is 115 Å². The van der Waals surface area contributed by atoms with Gasteiger partial charge in [0.05, 0.1) is 12.4 Å². The van der Waals surface area contributed by atoms with Crippen LogP contribution in [-0.4, -0.2) is 24.6 Å². The highest BCUT2D eigenvalue weighted by Gasteiger charge is 2.15. The van der Waals surface area contributed by atoms with Crippen molar-refractivity contribution in [2.45, 2.75) is 9.79 Å². The van der Waals surface area contributed by atoms with Crippen LogP contribution in [0, 0.1) is 0 Å². The number of anilines is 2. The summed E-state index contributed by atoms with van der Waals surface area (Å²) in [5, 5.41) is 0. The van der Waals surface area contributed by atoms with E-state index in [1.165, 1.54) is 24.2 Å². The maximum absolute atomic E-state index is 12.1. The van der Waals surface area contributed by atoms with Crippen LogP contribution in [0.4, 0.5) is 11.6 Å². The zero-order valence-corrected chi connectivity index (χ0v) is 11.7. The van der Waals surface area contributed by atoms with Crippen LogP contribution >= 0.6 is 11.8 Å². The van der Waals surface area contributed by atoms with Crippen molar-refractivity contribution in [1.29, 1.82) is 0 Å². The van der Waals surface area contributed by atoms with Gasteiger partial charge in [-0.05, 0) is 24.5 Å². The van der Waals surface area contributed by atoms with E-state index in [2.05, 4.69) is 14.7 Å². The molecular formula is C11H12N4O2S2. The molecule has 1 aromatic carbocycles. The molecule has 19 heavy (non-hydrogen) atoms. The quantitative estimate of drug-likeness (QED) is 0.831. The van der Waals surface area contributed by atoms with Crippen molar-refractivity contribution < 1.29 is 8.42 Å². The Balaban J connectivity index is 2.28. The van der Waals surface area contributed by atoms with Crippen LogP contribution in [0.15, 0.2) is 46.5 Å². The Bertz CT molecular complexity index is 671. The Morgan fingerprint density at radius 3 is 2.58 bits per heavy atom. The molecule has 1 heterocycles. The largest absolute Gasteiger partial charge is 0.368 e. The smallest absolute Gasteiger partial charge is 0.264 e. The third-order valence-corrected chi connectivity index (χ3v) is 4.34. The van der Waals surface area contributed by atoms with E-state index in [0.717, 1.165) is 4.90 Å². The highest BCUT2D eigenvalue weighted by molar-refractivity contribution is 7.98. The van der Waals surface area contributed by atoms with Gasteiger partial charge in [-0.2, -0.15) is 0 Å². The molecule has 3 N–H and O–H groups in total. The molecule has 0 radical (unpaired) electrons. The summed E-state index contributed by atoms with van der Waals surface area (Å²) in [5.74, 6) is 0.0309. The maximum Gasteiger partial charge on any atom is 0.264 e. The SMILES string of the molecule is CSc1cccc(NS(=O)(=O)c2cnc(N)nc2)c1.